The number of unbranched alkanes of at least 4 members (excludes halogenated alkanes) is 13. The Hall–Kier alpha value is -0.660. The molecule has 0 aromatic carbocycles. The molecule has 1 unspecified atom stereocenters. The van der Waals surface area contributed by atoms with Crippen LogP contribution in [0.1, 0.15) is 110 Å². The Morgan fingerprint density at radius 1 is 0.815 bits per heavy atom. The fourth-order valence-electron chi connectivity index (χ4n) is 3.02. The fraction of sp³-hybridized carbons (Fsp3) is 0.950. The zero-order valence-electron chi connectivity index (χ0n) is 17.3. The monoisotopic (exact) mass is 408 g/mol. The average Bonchev–Trinajstić information content (AvgIpc) is 2.56. The van der Waals surface area contributed by atoms with Crippen LogP contribution >= 0.6 is 0 Å². The summed E-state index contributed by atoms with van der Waals surface area (Å²) in [5.74, 6) is -0.513. The largest absolute Gasteiger partial charge is 0.466 e. The van der Waals surface area contributed by atoms with Gasteiger partial charge in [-0.25, -0.2) is 4.18 Å². The van der Waals surface area contributed by atoms with E-state index in [9.17, 15) is 13.2 Å². The van der Waals surface area contributed by atoms with Gasteiger partial charge < -0.3 is 4.74 Å². The van der Waals surface area contributed by atoms with Crippen molar-refractivity contribution in [3.8, 4) is 0 Å². The average molecular weight is 409 g/mol. The molecule has 0 aliphatic rings. The van der Waals surface area contributed by atoms with Crippen LogP contribution in [0.15, 0.2) is 0 Å². The zero-order valence-corrected chi connectivity index (χ0v) is 18.1. The predicted molar refractivity (Wildman–Crippen MR) is 108 cm³/mol. The van der Waals surface area contributed by atoms with Crippen molar-refractivity contribution >= 4 is 16.4 Å². The third-order valence-corrected chi connectivity index (χ3v) is 5.07. The summed E-state index contributed by atoms with van der Waals surface area (Å²) in [7, 11) is -4.53. The van der Waals surface area contributed by atoms with Crippen LogP contribution in [0.4, 0.5) is 0 Å². The molecule has 0 heterocycles. The highest BCUT2D eigenvalue weighted by molar-refractivity contribution is 7.80. The maximum Gasteiger partial charge on any atom is 0.397 e. The lowest BCUT2D eigenvalue weighted by atomic mass is 10.0. The Kier molecular flexibility index (Phi) is 17.0. The first-order chi connectivity index (χ1) is 12.8. The molecule has 0 saturated carbocycles. The molecule has 0 aromatic rings. The van der Waals surface area contributed by atoms with Gasteiger partial charge in [-0.05, 0) is 13.3 Å². The number of carbonyl (C=O) groups is 1. The van der Waals surface area contributed by atoms with Gasteiger partial charge >= 0.3 is 16.4 Å². The molecule has 0 rings (SSSR count). The summed E-state index contributed by atoms with van der Waals surface area (Å²) in [6.07, 6.45) is 16.6. The first-order valence-electron chi connectivity index (χ1n) is 10.7. The van der Waals surface area contributed by atoms with Crippen LogP contribution in [0.5, 0.6) is 0 Å². The van der Waals surface area contributed by atoms with Gasteiger partial charge in [0.1, 0.15) is 0 Å². The van der Waals surface area contributed by atoms with Gasteiger partial charge in [-0.3, -0.25) is 9.35 Å². The molecule has 162 valence electrons. The summed E-state index contributed by atoms with van der Waals surface area (Å²) in [4.78, 5) is 11.5. The standard InChI is InChI=1S/C20H40O6S/c1-3-4-5-6-7-8-9-10-11-12-13-14-15-16-17-25-20(21)18-19(2)26-27(22,23)24/h19H,3-18H2,1-2H3,(H,22,23,24). The minimum absolute atomic E-state index is 0.196. The lowest BCUT2D eigenvalue weighted by molar-refractivity contribution is -0.145. The Morgan fingerprint density at radius 2 is 1.22 bits per heavy atom. The minimum Gasteiger partial charge on any atom is -0.466 e. The van der Waals surface area contributed by atoms with Crippen LogP contribution in [0, 0.1) is 0 Å². The second kappa shape index (κ2) is 17.4. The van der Waals surface area contributed by atoms with Crippen LogP contribution in [-0.4, -0.2) is 31.7 Å². The maximum atomic E-state index is 11.5. The molecule has 0 radical (unpaired) electrons. The van der Waals surface area contributed by atoms with Crippen molar-refractivity contribution in [3.05, 3.63) is 0 Å². The number of carbonyl (C=O) groups excluding carboxylic acids is 1. The number of hydrogen-bond acceptors (Lipinski definition) is 5. The van der Waals surface area contributed by atoms with Gasteiger partial charge in [-0.2, -0.15) is 8.42 Å². The van der Waals surface area contributed by atoms with E-state index in [2.05, 4.69) is 11.1 Å². The molecule has 0 spiro atoms. The lowest BCUT2D eigenvalue weighted by Crippen LogP contribution is -2.20. The molecule has 0 aliphatic carbocycles. The molecule has 0 amide bonds. The van der Waals surface area contributed by atoms with Crippen LogP contribution in [-0.2, 0) is 24.1 Å². The van der Waals surface area contributed by atoms with E-state index in [0.29, 0.717) is 6.61 Å². The quantitative estimate of drug-likeness (QED) is 0.170. The van der Waals surface area contributed by atoms with Crippen molar-refractivity contribution < 1.29 is 26.7 Å². The van der Waals surface area contributed by atoms with Gasteiger partial charge in [-0.1, -0.05) is 90.4 Å². The van der Waals surface area contributed by atoms with Crippen LogP contribution in [0.25, 0.3) is 0 Å². The highest BCUT2D eigenvalue weighted by atomic mass is 32.3. The van der Waals surface area contributed by atoms with Crippen LogP contribution in [0.2, 0.25) is 0 Å². The van der Waals surface area contributed by atoms with Gasteiger partial charge in [0.2, 0.25) is 0 Å². The minimum atomic E-state index is -4.53. The molecule has 0 saturated heterocycles. The van der Waals surface area contributed by atoms with Gasteiger partial charge in [0.25, 0.3) is 0 Å². The highest BCUT2D eigenvalue weighted by Gasteiger charge is 2.16. The van der Waals surface area contributed by atoms with Crippen LogP contribution < -0.4 is 0 Å². The third-order valence-electron chi connectivity index (χ3n) is 4.50. The zero-order chi connectivity index (χ0) is 20.4. The molecular weight excluding hydrogens is 368 g/mol. The van der Waals surface area contributed by atoms with E-state index in [1.54, 1.807) is 0 Å². The SMILES string of the molecule is CCCCCCCCCCCCCCCCOC(=O)CC(C)OS(=O)(=O)O. The van der Waals surface area contributed by atoms with Gasteiger partial charge in [0.05, 0.1) is 19.1 Å². The molecule has 7 heteroatoms. The number of esters is 1. The van der Waals surface area contributed by atoms with Crippen molar-refractivity contribution in [1.29, 1.82) is 0 Å². The molecule has 6 nitrogen and oxygen atoms in total. The van der Waals surface area contributed by atoms with Gasteiger partial charge in [0, 0.05) is 0 Å². The Balaban J connectivity index is 3.30. The summed E-state index contributed by atoms with van der Waals surface area (Å²) in [6, 6.07) is 0. The maximum absolute atomic E-state index is 11.5. The molecule has 0 aliphatic heterocycles. The van der Waals surface area contributed by atoms with E-state index in [4.69, 9.17) is 9.29 Å². The van der Waals surface area contributed by atoms with E-state index < -0.39 is 22.5 Å². The molecule has 1 N–H and O–H groups in total. The molecule has 0 aromatic heterocycles. The number of ether oxygens (including phenoxy) is 1. The number of hydrogen-bond donors (Lipinski definition) is 1. The summed E-state index contributed by atoms with van der Waals surface area (Å²) in [5, 5.41) is 0. The van der Waals surface area contributed by atoms with E-state index in [-0.39, 0.29) is 6.42 Å². The summed E-state index contributed by atoms with van der Waals surface area (Å²) < 4.78 is 38.8. The summed E-state index contributed by atoms with van der Waals surface area (Å²) in [6.45, 7) is 3.98. The van der Waals surface area contributed by atoms with Crippen molar-refractivity contribution in [3.63, 3.8) is 0 Å². The second-order valence-corrected chi connectivity index (χ2v) is 8.40. The summed E-state index contributed by atoms with van der Waals surface area (Å²) >= 11 is 0. The van der Waals surface area contributed by atoms with Crippen molar-refractivity contribution in [2.24, 2.45) is 0 Å². The Bertz CT molecular complexity index is 449. The number of rotatable bonds is 19. The third kappa shape index (κ3) is 21.5. The van der Waals surface area contributed by atoms with Crippen molar-refractivity contribution in [2.75, 3.05) is 6.61 Å². The molecule has 1 atom stereocenters. The van der Waals surface area contributed by atoms with Crippen molar-refractivity contribution in [2.45, 2.75) is 116 Å². The van der Waals surface area contributed by atoms with E-state index >= 15 is 0 Å². The van der Waals surface area contributed by atoms with Gasteiger partial charge in [0.15, 0.2) is 0 Å². The van der Waals surface area contributed by atoms with Gasteiger partial charge in [-0.15, -0.1) is 0 Å². The predicted octanol–water partition coefficient (Wildman–Crippen LogP) is 5.61. The lowest BCUT2D eigenvalue weighted by Gasteiger charge is -2.09. The normalized spacial score (nSPS) is 12.9. The Labute approximate surface area is 166 Å². The van der Waals surface area contributed by atoms with E-state index in [1.165, 1.54) is 77.6 Å². The molecule has 27 heavy (non-hydrogen) atoms. The Morgan fingerprint density at radius 3 is 1.63 bits per heavy atom. The topological polar surface area (TPSA) is 89.9 Å². The first-order valence-corrected chi connectivity index (χ1v) is 12.0. The molecule has 0 bridgehead atoms. The molecular formula is C20H40O6S. The smallest absolute Gasteiger partial charge is 0.397 e. The fourth-order valence-corrected chi connectivity index (χ4v) is 3.50. The summed E-state index contributed by atoms with van der Waals surface area (Å²) in [5.41, 5.74) is 0. The first kappa shape index (κ1) is 26.3. The molecule has 0 fully saturated rings. The van der Waals surface area contributed by atoms with Crippen molar-refractivity contribution in [1.82, 2.24) is 0 Å². The second-order valence-electron chi connectivity index (χ2n) is 7.36. The van der Waals surface area contributed by atoms with E-state index in [1.807, 2.05) is 0 Å². The highest BCUT2D eigenvalue weighted by Crippen LogP contribution is 2.13. The van der Waals surface area contributed by atoms with Crippen LogP contribution in [0.3, 0.4) is 0 Å². The van der Waals surface area contributed by atoms with E-state index in [0.717, 1.165) is 19.3 Å².